The molecule has 0 amide bonds. The second-order valence-corrected chi connectivity index (χ2v) is 11.6. The molecular formula is C24H23F7N2O6S. The van der Waals surface area contributed by atoms with Gasteiger partial charge < -0.3 is 19.5 Å². The average molecular weight is 601 g/mol. The molecule has 0 aliphatic carbocycles. The molecule has 8 nitrogen and oxygen atoms in total. The Morgan fingerprint density at radius 2 is 1.75 bits per heavy atom. The normalized spacial score (nSPS) is 20.8. The van der Waals surface area contributed by atoms with Crippen LogP contribution in [0.25, 0.3) is 0 Å². The predicted molar refractivity (Wildman–Crippen MR) is 125 cm³/mol. The molecule has 2 aliphatic heterocycles. The van der Waals surface area contributed by atoms with Crippen LogP contribution in [-0.2, 0) is 25.7 Å². The number of hydrogen-bond acceptors (Lipinski definition) is 6. The quantitative estimate of drug-likeness (QED) is 0.456. The molecule has 0 saturated carbocycles. The number of fused-ring (bicyclic) bond motifs is 1. The van der Waals surface area contributed by atoms with Gasteiger partial charge in [-0.2, -0.15) is 30.6 Å². The van der Waals surface area contributed by atoms with E-state index < -0.39 is 93.5 Å². The topological polar surface area (TPSA) is 96.4 Å². The molecule has 0 spiro atoms. The van der Waals surface area contributed by atoms with Crippen LogP contribution < -0.4 is 9.64 Å². The highest BCUT2D eigenvalue weighted by Gasteiger charge is 2.48. The van der Waals surface area contributed by atoms with Gasteiger partial charge in [-0.15, -0.1) is 0 Å². The number of carboxylic acids is 1. The molecule has 0 unspecified atom stereocenters. The summed E-state index contributed by atoms with van der Waals surface area (Å²) in [7, 11) is -3.70. The first kappa shape index (κ1) is 29.9. The van der Waals surface area contributed by atoms with E-state index in [9.17, 15) is 49.1 Å². The number of sulfonamides is 1. The van der Waals surface area contributed by atoms with Crippen molar-refractivity contribution in [2.75, 3.05) is 38.3 Å². The van der Waals surface area contributed by atoms with E-state index in [2.05, 4.69) is 0 Å². The lowest BCUT2D eigenvalue weighted by Crippen LogP contribution is -2.53. The lowest BCUT2D eigenvalue weighted by Gasteiger charge is -2.37. The molecule has 220 valence electrons. The van der Waals surface area contributed by atoms with E-state index in [1.165, 1.54) is 0 Å². The molecule has 1 atom stereocenters. The predicted octanol–water partition coefficient (Wildman–Crippen LogP) is 4.81. The highest BCUT2D eigenvalue weighted by molar-refractivity contribution is 7.89. The van der Waals surface area contributed by atoms with Crippen molar-refractivity contribution in [1.29, 1.82) is 0 Å². The minimum absolute atomic E-state index is 0.0309. The van der Waals surface area contributed by atoms with Crippen LogP contribution in [0.15, 0.2) is 41.3 Å². The Bertz CT molecular complexity index is 1380. The summed E-state index contributed by atoms with van der Waals surface area (Å²) < 4.78 is 133. The number of hydrogen-bond donors (Lipinski definition) is 1. The summed E-state index contributed by atoms with van der Waals surface area (Å²) in [6.07, 6.45) is -11.8. The summed E-state index contributed by atoms with van der Waals surface area (Å²) in [6, 6.07) is 3.97. The van der Waals surface area contributed by atoms with E-state index >= 15 is 0 Å². The van der Waals surface area contributed by atoms with E-state index in [1.807, 2.05) is 0 Å². The molecule has 40 heavy (non-hydrogen) atoms. The van der Waals surface area contributed by atoms with Gasteiger partial charge in [-0.1, -0.05) is 0 Å². The molecule has 0 radical (unpaired) electrons. The Labute approximate surface area is 223 Å². The Morgan fingerprint density at radius 3 is 2.25 bits per heavy atom. The number of nitrogens with zero attached hydrogens (tertiary/aromatic N) is 2. The summed E-state index contributed by atoms with van der Waals surface area (Å²) >= 11 is 0. The fraction of sp³-hybridized carbons (Fsp3) is 0.458. The minimum atomic E-state index is -5.11. The molecule has 1 fully saturated rings. The summed E-state index contributed by atoms with van der Waals surface area (Å²) in [4.78, 5) is 12.0. The lowest BCUT2D eigenvalue weighted by molar-refractivity contribution is -0.185. The van der Waals surface area contributed by atoms with Gasteiger partial charge in [-0.25, -0.2) is 12.8 Å². The number of benzene rings is 2. The molecule has 0 bridgehead atoms. The van der Waals surface area contributed by atoms with Crippen molar-refractivity contribution in [3.8, 4) is 5.75 Å². The van der Waals surface area contributed by atoms with Gasteiger partial charge in [0.15, 0.2) is 0 Å². The van der Waals surface area contributed by atoms with Crippen LogP contribution in [0.3, 0.4) is 0 Å². The van der Waals surface area contributed by atoms with Crippen molar-refractivity contribution in [3.05, 3.63) is 47.8 Å². The van der Waals surface area contributed by atoms with Gasteiger partial charge in [0.05, 0.1) is 24.5 Å². The van der Waals surface area contributed by atoms with Crippen molar-refractivity contribution >= 4 is 27.4 Å². The van der Waals surface area contributed by atoms with Crippen molar-refractivity contribution < 1.29 is 58.5 Å². The SMILES string of the molecule is CN1[C@H](CCC(F)(F)F)CN(c2ccc(F)cc2)c2cc(C(F)(F)F)c(OCC3(C(=O)O)COC3)cc2S1(=O)=O. The number of halogens is 7. The number of carbonyl (C=O) groups is 1. The molecule has 1 N–H and O–H groups in total. The minimum Gasteiger partial charge on any atom is -0.492 e. The summed E-state index contributed by atoms with van der Waals surface area (Å²) in [5, 5.41) is 9.46. The fourth-order valence-corrected chi connectivity index (χ4v) is 5.95. The monoisotopic (exact) mass is 600 g/mol. The molecular weight excluding hydrogens is 577 g/mol. The van der Waals surface area contributed by atoms with Crippen LogP contribution >= 0.6 is 0 Å². The molecule has 4 rings (SSSR count). The largest absolute Gasteiger partial charge is 0.492 e. The first-order valence-electron chi connectivity index (χ1n) is 11.7. The Balaban J connectivity index is 1.88. The van der Waals surface area contributed by atoms with E-state index in [0.717, 1.165) is 36.2 Å². The van der Waals surface area contributed by atoms with Crippen molar-refractivity contribution in [3.63, 3.8) is 0 Å². The van der Waals surface area contributed by atoms with Gasteiger partial charge in [-0.3, -0.25) is 4.79 Å². The number of alkyl halides is 6. The summed E-state index contributed by atoms with van der Waals surface area (Å²) in [5.41, 5.74) is -3.57. The second kappa shape index (κ2) is 10.4. The van der Waals surface area contributed by atoms with Crippen molar-refractivity contribution in [1.82, 2.24) is 4.31 Å². The molecule has 16 heteroatoms. The zero-order chi connectivity index (χ0) is 29.7. The van der Waals surface area contributed by atoms with Gasteiger partial charge in [0.2, 0.25) is 10.0 Å². The lowest BCUT2D eigenvalue weighted by atomic mass is 9.87. The number of anilines is 2. The summed E-state index contributed by atoms with van der Waals surface area (Å²) in [6.45, 7) is -1.93. The zero-order valence-electron chi connectivity index (χ0n) is 20.7. The molecule has 1 saturated heterocycles. The Hall–Kier alpha value is -3.11. The molecule has 2 heterocycles. The van der Waals surface area contributed by atoms with Gasteiger partial charge in [0.1, 0.15) is 28.5 Å². The zero-order valence-corrected chi connectivity index (χ0v) is 21.5. The molecule has 0 aromatic heterocycles. The van der Waals surface area contributed by atoms with Crippen molar-refractivity contribution in [2.24, 2.45) is 5.41 Å². The maximum atomic E-state index is 14.2. The van der Waals surface area contributed by atoms with Crippen LogP contribution in [0.2, 0.25) is 0 Å². The van der Waals surface area contributed by atoms with Crippen LogP contribution in [0, 0.1) is 11.2 Å². The van der Waals surface area contributed by atoms with Gasteiger partial charge in [-0.05, 0) is 36.8 Å². The van der Waals surface area contributed by atoms with Gasteiger partial charge in [0.25, 0.3) is 0 Å². The van der Waals surface area contributed by atoms with E-state index in [-0.39, 0.29) is 18.9 Å². The van der Waals surface area contributed by atoms with Crippen LogP contribution in [-0.4, -0.2) is 69.4 Å². The third-order valence-electron chi connectivity index (χ3n) is 6.84. The van der Waals surface area contributed by atoms with Gasteiger partial charge in [0, 0.05) is 37.8 Å². The number of carboxylic acid groups (broad SMARTS) is 1. The second-order valence-electron chi connectivity index (χ2n) is 9.60. The summed E-state index contributed by atoms with van der Waals surface area (Å²) in [5.74, 6) is -3.07. The third-order valence-corrected chi connectivity index (χ3v) is 8.77. The highest BCUT2D eigenvalue weighted by atomic mass is 32.2. The van der Waals surface area contributed by atoms with E-state index in [1.54, 1.807) is 0 Å². The first-order chi connectivity index (χ1) is 18.4. The van der Waals surface area contributed by atoms with Crippen molar-refractivity contribution in [2.45, 2.75) is 36.1 Å². The third kappa shape index (κ3) is 5.83. The fourth-order valence-electron chi connectivity index (χ4n) is 4.39. The van der Waals surface area contributed by atoms with E-state index in [4.69, 9.17) is 9.47 Å². The van der Waals surface area contributed by atoms with Crippen LogP contribution in [0.1, 0.15) is 18.4 Å². The van der Waals surface area contributed by atoms with Crippen LogP contribution in [0.4, 0.5) is 42.1 Å². The molecule has 2 aliphatic rings. The maximum Gasteiger partial charge on any atom is 0.420 e. The van der Waals surface area contributed by atoms with E-state index in [0.29, 0.717) is 16.4 Å². The Kier molecular flexibility index (Phi) is 7.75. The standard InChI is InChI=1S/C24H23F7N2O6S/c1-32-16(6-7-23(26,27)28)10-33(15-4-2-14(25)3-5-15)18-8-17(24(29,30)31)19(9-20(18)40(32,36)37)39-13-22(21(34)35)11-38-12-22/h2-5,8-9,16H,6-7,10-13H2,1H3,(H,34,35)/t16-/m1/s1. The average Bonchev–Trinajstić information content (AvgIpc) is 2.89. The number of rotatable bonds is 7. The maximum absolute atomic E-state index is 14.2. The highest BCUT2D eigenvalue weighted by Crippen LogP contribution is 2.46. The molecule has 2 aromatic carbocycles. The number of aliphatic carboxylic acids is 1. The Morgan fingerprint density at radius 1 is 1.12 bits per heavy atom. The number of ether oxygens (including phenoxy) is 2. The van der Waals surface area contributed by atoms with Crippen LogP contribution in [0.5, 0.6) is 5.75 Å². The smallest absolute Gasteiger partial charge is 0.420 e. The first-order valence-corrected chi connectivity index (χ1v) is 13.2. The molecule has 2 aromatic rings. The number of likely N-dealkylation sites (N-methyl/N-ethyl adjacent to an activating group) is 1. The van der Waals surface area contributed by atoms with Gasteiger partial charge >= 0.3 is 18.3 Å².